The number of nitrogens with zero attached hydrogens (tertiary/aromatic N) is 2. The van der Waals surface area contributed by atoms with Crippen molar-refractivity contribution in [3.63, 3.8) is 0 Å². The number of amides is 1. The Kier molecular flexibility index (Phi) is 3.90. The Morgan fingerprint density at radius 3 is 2.75 bits per heavy atom. The zero-order chi connectivity index (χ0) is 14.5. The van der Waals surface area contributed by atoms with Crippen LogP contribution < -0.4 is 10.1 Å². The first kappa shape index (κ1) is 13.5. The third-order valence-corrected chi connectivity index (χ3v) is 2.54. The van der Waals surface area contributed by atoms with Gasteiger partial charge in [-0.1, -0.05) is 6.07 Å². The minimum atomic E-state index is -0.601. The number of ether oxygens (including phenoxy) is 1. The molecule has 1 heterocycles. The molecule has 0 unspecified atom stereocenters. The Balaban J connectivity index is 2.27. The van der Waals surface area contributed by atoms with Crippen molar-refractivity contribution in [1.82, 2.24) is 4.98 Å². The zero-order valence-electron chi connectivity index (χ0n) is 10.6. The van der Waals surface area contributed by atoms with Crippen molar-refractivity contribution in [2.45, 2.75) is 0 Å². The molecule has 7 heteroatoms. The molecule has 0 radical (unpaired) electrons. The van der Waals surface area contributed by atoms with E-state index in [2.05, 4.69) is 10.3 Å². The van der Waals surface area contributed by atoms with Crippen molar-refractivity contribution in [2.75, 3.05) is 12.4 Å². The van der Waals surface area contributed by atoms with Crippen LogP contribution in [0.25, 0.3) is 0 Å². The van der Waals surface area contributed by atoms with Gasteiger partial charge in [0.05, 0.1) is 12.0 Å². The number of nitro groups is 1. The molecule has 2 rings (SSSR count). The molecule has 0 aliphatic carbocycles. The van der Waals surface area contributed by atoms with E-state index in [1.165, 1.54) is 25.4 Å². The Morgan fingerprint density at radius 1 is 1.35 bits per heavy atom. The number of methoxy groups -OCH3 is 1. The summed E-state index contributed by atoms with van der Waals surface area (Å²) in [7, 11) is 1.33. The molecule has 7 nitrogen and oxygen atoms in total. The second-order valence-electron chi connectivity index (χ2n) is 3.81. The quantitative estimate of drug-likeness (QED) is 0.681. The fourth-order valence-electron chi connectivity index (χ4n) is 1.60. The Hall–Kier alpha value is -2.96. The predicted octanol–water partition coefficient (Wildman–Crippen LogP) is 2.25. The monoisotopic (exact) mass is 273 g/mol. The van der Waals surface area contributed by atoms with E-state index in [1.807, 2.05) is 0 Å². The smallest absolute Gasteiger partial charge is 0.311 e. The van der Waals surface area contributed by atoms with Crippen LogP contribution in [0.2, 0.25) is 0 Å². The molecule has 102 valence electrons. The van der Waals surface area contributed by atoms with Crippen molar-refractivity contribution in [3.05, 3.63) is 58.3 Å². The molecule has 0 aliphatic heterocycles. The van der Waals surface area contributed by atoms with Gasteiger partial charge in [0.25, 0.3) is 5.91 Å². The molecule has 1 aromatic carbocycles. The molecule has 0 fully saturated rings. The highest BCUT2D eigenvalue weighted by Gasteiger charge is 2.18. The van der Waals surface area contributed by atoms with Gasteiger partial charge in [-0.15, -0.1) is 0 Å². The van der Waals surface area contributed by atoms with Gasteiger partial charge in [0, 0.05) is 17.8 Å². The van der Waals surface area contributed by atoms with Crippen LogP contribution in [0, 0.1) is 10.1 Å². The number of carbonyl (C=O) groups excluding carboxylic acids is 1. The first-order chi connectivity index (χ1) is 9.61. The number of rotatable bonds is 4. The minimum Gasteiger partial charge on any atom is -0.490 e. The van der Waals surface area contributed by atoms with Crippen molar-refractivity contribution in [1.29, 1.82) is 0 Å². The summed E-state index contributed by atoms with van der Waals surface area (Å²) in [6.45, 7) is 0. The molecular formula is C13H11N3O4. The molecule has 0 spiro atoms. The van der Waals surface area contributed by atoms with Crippen molar-refractivity contribution < 1.29 is 14.5 Å². The van der Waals surface area contributed by atoms with E-state index in [0.29, 0.717) is 5.82 Å². The SMILES string of the molecule is COc1ccc(C(=O)Nc2ccccn2)cc1[N+](=O)[O-]. The minimum absolute atomic E-state index is 0.101. The summed E-state index contributed by atoms with van der Waals surface area (Å²) >= 11 is 0. The molecular weight excluding hydrogens is 262 g/mol. The van der Waals surface area contributed by atoms with Crippen LogP contribution in [-0.4, -0.2) is 22.9 Å². The second-order valence-corrected chi connectivity index (χ2v) is 3.81. The molecule has 0 saturated carbocycles. The third-order valence-electron chi connectivity index (χ3n) is 2.54. The Bertz CT molecular complexity index is 643. The van der Waals surface area contributed by atoms with Gasteiger partial charge in [0.2, 0.25) is 0 Å². The van der Waals surface area contributed by atoms with Crippen LogP contribution in [0.1, 0.15) is 10.4 Å². The van der Waals surface area contributed by atoms with Gasteiger partial charge in [0.1, 0.15) is 5.82 Å². The number of hydrogen-bond donors (Lipinski definition) is 1. The summed E-state index contributed by atoms with van der Waals surface area (Å²) in [6, 6.07) is 9.05. The summed E-state index contributed by atoms with van der Waals surface area (Å²) in [6.07, 6.45) is 1.53. The highest BCUT2D eigenvalue weighted by molar-refractivity contribution is 6.04. The molecule has 0 aliphatic rings. The maximum atomic E-state index is 12.0. The molecule has 0 bridgehead atoms. The number of benzene rings is 1. The van der Waals surface area contributed by atoms with E-state index in [-0.39, 0.29) is 17.0 Å². The van der Waals surface area contributed by atoms with Gasteiger partial charge in [-0.05, 0) is 24.3 Å². The lowest BCUT2D eigenvalue weighted by Crippen LogP contribution is -2.13. The van der Waals surface area contributed by atoms with Gasteiger partial charge >= 0.3 is 5.69 Å². The summed E-state index contributed by atoms with van der Waals surface area (Å²) in [5.74, 6) is -0.00481. The molecule has 1 amide bonds. The van der Waals surface area contributed by atoms with Gasteiger partial charge in [-0.3, -0.25) is 14.9 Å². The normalized spacial score (nSPS) is 9.85. The average molecular weight is 273 g/mol. The number of nitro benzene ring substituents is 1. The molecule has 1 N–H and O–H groups in total. The standard InChI is InChI=1S/C13H11N3O4/c1-20-11-6-5-9(8-10(11)16(18)19)13(17)15-12-4-2-3-7-14-12/h2-8H,1H3,(H,14,15,17). The van der Waals surface area contributed by atoms with Crippen LogP contribution >= 0.6 is 0 Å². The summed E-state index contributed by atoms with van der Waals surface area (Å²) in [5.41, 5.74) is -0.107. The first-order valence-corrected chi connectivity index (χ1v) is 5.66. The Morgan fingerprint density at radius 2 is 2.15 bits per heavy atom. The van der Waals surface area contributed by atoms with Crippen LogP contribution in [0.5, 0.6) is 5.75 Å². The number of hydrogen-bond acceptors (Lipinski definition) is 5. The highest BCUT2D eigenvalue weighted by atomic mass is 16.6. The third kappa shape index (κ3) is 2.89. The van der Waals surface area contributed by atoms with Gasteiger partial charge in [0.15, 0.2) is 5.75 Å². The van der Waals surface area contributed by atoms with E-state index in [4.69, 9.17) is 4.74 Å². The van der Waals surface area contributed by atoms with Crippen molar-refractivity contribution in [2.24, 2.45) is 0 Å². The number of carbonyl (C=O) groups is 1. The Labute approximate surface area is 114 Å². The van der Waals surface area contributed by atoms with E-state index in [1.54, 1.807) is 18.2 Å². The van der Waals surface area contributed by atoms with Crippen LogP contribution in [0.4, 0.5) is 11.5 Å². The number of nitrogens with one attached hydrogen (secondary N) is 1. The van der Waals surface area contributed by atoms with Crippen LogP contribution in [-0.2, 0) is 0 Å². The van der Waals surface area contributed by atoms with Crippen molar-refractivity contribution >= 4 is 17.4 Å². The van der Waals surface area contributed by atoms with Gasteiger partial charge < -0.3 is 10.1 Å². The lowest BCUT2D eigenvalue weighted by Gasteiger charge is -2.06. The number of aromatic nitrogens is 1. The average Bonchev–Trinajstić information content (AvgIpc) is 2.47. The summed E-state index contributed by atoms with van der Waals surface area (Å²) < 4.78 is 4.87. The zero-order valence-corrected chi connectivity index (χ0v) is 10.6. The van der Waals surface area contributed by atoms with Crippen LogP contribution in [0.3, 0.4) is 0 Å². The maximum Gasteiger partial charge on any atom is 0.311 e. The summed E-state index contributed by atoms with van der Waals surface area (Å²) in [5, 5.41) is 13.4. The first-order valence-electron chi connectivity index (χ1n) is 5.66. The van der Waals surface area contributed by atoms with Gasteiger partial charge in [-0.25, -0.2) is 4.98 Å². The molecule has 0 saturated heterocycles. The fraction of sp³-hybridized carbons (Fsp3) is 0.0769. The van der Waals surface area contributed by atoms with Gasteiger partial charge in [-0.2, -0.15) is 0 Å². The molecule has 1 aromatic heterocycles. The predicted molar refractivity (Wildman–Crippen MR) is 71.8 cm³/mol. The molecule has 20 heavy (non-hydrogen) atoms. The van der Waals surface area contributed by atoms with E-state index in [9.17, 15) is 14.9 Å². The molecule has 2 aromatic rings. The number of anilines is 1. The summed E-state index contributed by atoms with van der Waals surface area (Å²) in [4.78, 5) is 26.2. The van der Waals surface area contributed by atoms with Crippen molar-refractivity contribution in [3.8, 4) is 5.75 Å². The fourth-order valence-corrected chi connectivity index (χ4v) is 1.60. The lowest BCUT2D eigenvalue weighted by atomic mass is 10.1. The van der Waals surface area contributed by atoms with E-state index < -0.39 is 10.8 Å². The van der Waals surface area contributed by atoms with Crippen LogP contribution in [0.15, 0.2) is 42.6 Å². The van der Waals surface area contributed by atoms with E-state index in [0.717, 1.165) is 6.07 Å². The topological polar surface area (TPSA) is 94.4 Å². The number of pyridine rings is 1. The second kappa shape index (κ2) is 5.79. The van der Waals surface area contributed by atoms with E-state index >= 15 is 0 Å². The molecule has 0 atom stereocenters. The highest BCUT2D eigenvalue weighted by Crippen LogP contribution is 2.27. The largest absolute Gasteiger partial charge is 0.490 e. The lowest BCUT2D eigenvalue weighted by molar-refractivity contribution is -0.385. The maximum absolute atomic E-state index is 12.0.